The smallest absolute Gasteiger partial charge is 0.344 e. The van der Waals surface area contributed by atoms with Crippen LogP contribution in [0.4, 0.5) is 13.2 Å². The highest BCUT2D eigenvalue weighted by Gasteiger charge is 2.35. The summed E-state index contributed by atoms with van der Waals surface area (Å²) >= 11 is 0. The molecule has 0 aliphatic rings. The molecule has 0 unspecified atom stereocenters. The molecule has 4 nitrogen and oxygen atoms in total. The Bertz CT molecular complexity index is 840. The van der Waals surface area contributed by atoms with Gasteiger partial charge in [0.25, 0.3) is 0 Å². The third kappa shape index (κ3) is 4.43. The minimum absolute atomic E-state index is 0. The Morgan fingerprint density at radius 3 is 2.08 bits per heavy atom. The molecule has 0 aliphatic heterocycles. The highest BCUT2D eigenvalue weighted by atomic mass is 35.5. The fraction of sp³-hybridized carbons (Fsp3) is 0.167. The topological polar surface area (TPSA) is 78.8 Å². The van der Waals surface area contributed by atoms with Crippen LogP contribution in [0.3, 0.4) is 0 Å². The number of benzene rings is 2. The van der Waals surface area contributed by atoms with E-state index in [-0.39, 0.29) is 18.6 Å². The molecule has 26 heavy (non-hydrogen) atoms. The lowest BCUT2D eigenvalue weighted by Gasteiger charge is -2.08. The van der Waals surface area contributed by atoms with E-state index in [4.69, 9.17) is 5.73 Å². The molecule has 0 fully saturated rings. The zero-order valence-corrected chi connectivity index (χ0v) is 14.9. The summed E-state index contributed by atoms with van der Waals surface area (Å²) in [5.74, 6) is 0. The Morgan fingerprint density at radius 2 is 1.58 bits per heavy atom. The van der Waals surface area contributed by atoms with Crippen LogP contribution in [0.1, 0.15) is 16.8 Å². The molecular weight excluding hydrogens is 365 g/mol. The summed E-state index contributed by atoms with van der Waals surface area (Å²) in [5.41, 5.74) is 8.20. The number of nitrogens with zero attached hydrogens (tertiary/aromatic N) is 2. The molecule has 0 bridgehead atoms. The Labute approximate surface area is 155 Å². The molecule has 8 heteroatoms. The fourth-order valence-electron chi connectivity index (χ4n) is 2.42. The number of rotatable bonds is 3. The van der Waals surface area contributed by atoms with Gasteiger partial charge < -0.3 is 11.9 Å². The summed E-state index contributed by atoms with van der Waals surface area (Å²) in [7, 11) is 0. The van der Waals surface area contributed by atoms with Crippen molar-refractivity contribution in [2.45, 2.75) is 19.6 Å². The van der Waals surface area contributed by atoms with E-state index in [2.05, 4.69) is 5.10 Å². The third-order valence-corrected chi connectivity index (χ3v) is 3.76. The average Bonchev–Trinajstić information content (AvgIpc) is 3.01. The summed E-state index contributed by atoms with van der Waals surface area (Å²) in [6.45, 7) is 2.30. The van der Waals surface area contributed by atoms with Crippen LogP contribution in [0.25, 0.3) is 16.9 Å². The SMILES string of the molecule is Cc1ccc(-n2nc(C(F)(F)F)cc2-c2ccc(CN)cc2)cc1.Cl.N. The number of alkyl halides is 3. The van der Waals surface area contributed by atoms with Crippen LogP contribution < -0.4 is 11.9 Å². The number of nitrogens with two attached hydrogens (primary N) is 1. The van der Waals surface area contributed by atoms with Crippen molar-refractivity contribution in [2.75, 3.05) is 0 Å². The summed E-state index contributed by atoms with van der Waals surface area (Å²) in [5, 5.41) is 3.77. The molecule has 0 saturated heterocycles. The van der Waals surface area contributed by atoms with Gasteiger partial charge in [-0.1, -0.05) is 42.0 Å². The van der Waals surface area contributed by atoms with Crippen LogP contribution in [0, 0.1) is 6.92 Å². The molecule has 3 rings (SSSR count). The highest BCUT2D eigenvalue weighted by molar-refractivity contribution is 5.85. The maximum Gasteiger partial charge on any atom is 0.435 e. The number of aryl methyl sites for hydroxylation is 1. The van der Waals surface area contributed by atoms with Crippen molar-refractivity contribution in [2.24, 2.45) is 5.73 Å². The standard InChI is InChI=1S/C18H16F3N3.ClH.H3N/c1-12-2-8-15(9-3-12)24-16(10-17(23-24)18(19,20)21)14-6-4-13(11-22)5-7-14;;/h2-10H,11,22H2,1H3;1H;1H3. The quantitative estimate of drug-likeness (QED) is 0.673. The van der Waals surface area contributed by atoms with E-state index in [1.807, 2.05) is 19.1 Å². The van der Waals surface area contributed by atoms with E-state index in [0.29, 0.717) is 23.5 Å². The van der Waals surface area contributed by atoms with Crippen molar-refractivity contribution in [3.8, 4) is 16.9 Å². The summed E-state index contributed by atoms with van der Waals surface area (Å²) < 4.78 is 40.6. The van der Waals surface area contributed by atoms with Gasteiger partial charge in [0.15, 0.2) is 5.69 Å². The first-order valence-corrected chi connectivity index (χ1v) is 7.42. The maximum absolute atomic E-state index is 13.1. The second-order valence-corrected chi connectivity index (χ2v) is 5.56. The van der Waals surface area contributed by atoms with Crippen molar-refractivity contribution < 1.29 is 13.2 Å². The first kappa shape index (κ1) is 21.7. The van der Waals surface area contributed by atoms with Crippen LogP contribution in [-0.2, 0) is 12.7 Å². The monoisotopic (exact) mass is 384 g/mol. The lowest BCUT2D eigenvalue weighted by molar-refractivity contribution is -0.141. The largest absolute Gasteiger partial charge is 0.435 e. The Morgan fingerprint density at radius 1 is 1.00 bits per heavy atom. The van der Waals surface area contributed by atoms with Gasteiger partial charge in [-0.3, -0.25) is 0 Å². The molecule has 5 N–H and O–H groups in total. The van der Waals surface area contributed by atoms with Gasteiger partial charge in [0, 0.05) is 12.1 Å². The molecule has 0 radical (unpaired) electrons. The zero-order valence-electron chi connectivity index (χ0n) is 14.1. The maximum atomic E-state index is 13.1. The van der Waals surface area contributed by atoms with Gasteiger partial charge in [-0.25, -0.2) is 4.68 Å². The van der Waals surface area contributed by atoms with E-state index in [1.54, 1.807) is 36.4 Å². The number of aromatic nitrogens is 2. The molecule has 3 aromatic rings. The molecule has 0 amide bonds. The molecule has 2 aromatic carbocycles. The van der Waals surface area contributed by atoms with Crippen molar-refractivity contribution in [3.05, 3.63) is 71.4 Å². The third-order valence-electron chi connectivity index (χ3n) is 3.76. The number of halogens is 4. The molecule has 1 aromatic heterocycles. The molecule has 0 aliphatic carbocycles. The second kappa shape index (κ2) is 8.35. The zero-order chi connectivity index (χ0) is 17.3. The normalized spacial score (nSPS) is 10.8. The van der Waals surface area contributed by atoms with Gasteiger partial charge in [-0.15, -0.1) is 12.4 Å². The molecule has 0 spiro atoms. The minimum atomic E-state index is -4.50. The lowest BCUT2D eigenvalue weighted by Crippen LogP contribution is -2.07. The van der Waals surface area contributed by atoms with Crippen LogP contribution in [-0.4, -0.2) is 9.78 Å². The van der Waals surface area contributed by atoms with Gasteiger partial charge in [-0.2, -0.15) is 18.3 Å². The number of hydrogen-bond acceptors (Lipinski definition) is 3. The summed E-state index contributed by atoms with van der Waals surface area (Å²) in [6.07, 6.45) is -4.50. The molecule has 140 valence electrons. The van der Waals surface area contributed by atoms with E-state index in [9.17, 15) is 13.2 Å². The first-order chi connectivity index (χ1) is 11.4. The highest BCUT2D eigenvalue weighted by Crippen LogP contribution is 2.33. The second-order valence-electron chi connectivity index (χ2n) is 5.56. The Kier molecular flexibility index (Phi) is 6.97. The van der Waals surface area contributed by atoms with Gasteiger partial charge in [0.2, 0.25) is 0 Å². The molecule has 1 heterocycles. The predicted molar refractivity (Wildman–Crippen MR) is 98.9 cm³/mol. The van der Waals surface area contributed by atoms with Crippen LogP contribution in [0.15, 0.2) is 54.6 Å². The van der Waals surface area contributed by atoms with Crippen molar-refractivity contribution in [1.29, 1.82) is 0 Å². The van der Waals surface area contributed by atoms with Gasteiger partial charge in [-0.05, 0) is 30.7 Å². The van der Waals surface area contributed by atoms with Crippen molar-refractivity contribution in [1.82, 2.24) is 15.9 Å². The molecular formula is C18H20ClF3N4. The van der Waals surface area contributed by atoms with Gasteiger partial charge in [0.1, 0.15) is 0 Å². The molecule has 0 saturated carbocycles. The fourth-order valence-corrected chi connectivity index (χ4v) is 2.42. The first-order valence-electron chi connectivity index (χ1n) is 7.42. The Balaban J connectivity index is 0.00000169. The predicted octanol–water partition coefficient (Wildman–Crippen LogP) is 4.91. The minimum Gasteiger partial charge on any atom is -0.344 e. The Hall–Kier alpha value is -2.35. The van der Waals surface area contributed by atoms with E-state index < -0.39 is 11.9 Å². The van der Waals surface area contributed by atoms with Crippen LogP contribution in [0.2, 0.25) is 0 Å². The van der Waals surface area contributed by atoms with E-state index in [0.717, 1.165) is 17.2 Å². The average molecular weight is 385 g/mol. The van der Waals surface area contributed by atoms with E-state index in [1.165, 1.54) is 4.68 Å². The summed E-state index contributed by atoms with van der Waals surface area (Å²) in [4.78, 5) is 0. The molecule has 0 atom stereocenters. The van der Waals surface area contributed by atoms with Crippen LogP contribution in [0.5, 0.6) is 0 Å². The van der Waals surface area contributed by atoms with E-state index >= 15 is 0 Å². The van der Waals surface area contributed by atoms with Gasteiger partial charge in [0.05, 0.1) is 11.4 Å². The lowest BCUT2D eigenvalue weighted by atomic mass is 10.1. The van der Waals surface area contributed by atoms with Gasteiger partial charge >= 0.3 is 6.18 Å². The van der Waals surface area contributed by atoms with Crippen molar-refractivity contribution in [3.63, 3.8) is 0 Å². The number of hydrogen-bond donors (Lipinski definition) is 2. The van der Waals surface area contributed by atoms with Crippen LogP contribution >= 0.6 is 12.4 Å². The summed E-state index contributed by atoms with van der Waals surface area (Å²) in [6, 6.07) is 15.4. The van der Waals surface area contributed by atoms with Crippen molar-refractivity contribution >= 4 is 12.4 Å².